The van der Waals surface area contributed by atoms with Gasteiger partial charge in [0.15, 0.2) is 5.13 Å². The lowest BCUT2D eigenvalue weighted by atomic mass is 10.1. The third-order valence-corrected chi connectivity index (χ3v) is 4.19. The number of nitrogens with zero attached hydrogens (tertiary/aromatic N) is 2. The Morgan fingerprint density at radius 2 is 2.09 bits per heavy atom. The van der Waals surface area contributed by atoms with Crippen LogP contribution in [0, 0.1) is 6.92 Å². The van der Waals surface area contributed by atoms with Crippen LogP contribution in [-0.2, 0) is 6.54 Å². The molecule has 1 aromatic carbocycles. The Balaban J connectivity index is 1.86. The molecule has 116 valence electrons. The lowest BCUT2D eigenvalue weighted by Crippen LogP contribution is -2.22. The van der Waals surface area contributed by atoms with Crippen molar-refractivity contribution in [1.82, 2.24) is 9.55 Å². The zero-order valence-electron chi connectivity index (χ0n) is 12.5. The van der Waals surface area contributed by atoms with Crippen LogP contribution in [0.15, 0.2) is 59.0 Å². The van der Waals surface area contributed by atoms with E-state index >= 15 is 0 Å². The van der Waals surface area contributed by atoms with Gasteiger partial charge in [0.05, 0.1) is 12.1 Å². The first-order chi connectivity index (χ1) is 11.1. The van der Waals surface area contributed by atoms with Gasteiger partial charge in [0.25, 0.3) is 11.5 Å². The molecule has 0 aliphatic heterocycles. The lowest BCUT2D eigenvalue weighted by Gasteiger charge is -2.10. The molecule has 0 aliphatic rings. The first-order valence-corrected chi connectivity index (χ1v) is 7.97. The molecule has 0 radical (unpaired) electrons. The van der Waals surface area contributed by atoms with Crippen LogP contribution in [0.2, 0.25) is 0 Å². The average molecular weight is 325 g/mol. The average Bonchev–Trinajstić information content (AvgIpc) is 3.04. The molecule has 0 spiro atoms. The number of rotatable bonds is 4. The molecule has 2 heterocycles. The molecule has 6 heteroatoms. The van der Waals surface area contributed by atoms with Crippen LogP contribution in [0.3, 0.4) is 0 Å². The molecule has 2 aromatic heterocycles. The summed E-state index contributed by atoms with van der Waals surface area (Å²) in [6.07, 6.45) is 3.21. The van der Waals surface area contributed by atoms with Crippen LogP contribution in [-0.4, -0.2) is 15.5 Å². The Labute approximate surface area is 137 Å². The Morgan fingerprint density at radius 3 is 2.83 bits per heavy atom. The lowest BCUT2D eigenvalue weighted by molar-refractivity contribution is 0.102. The predicted octanol–water partition coefficient (Wildman–Crippen LogP) is 2.91. The number of nitrogens with one attached hydrogen (secondary N) is 1. The number of aromatic nitrogens is 2. The summed E-state index contributed by atoms with van der Waals surface area (Å²) in [4.78, 5) is 28.3. The van der Waals surface area contributed by atoms with Crippen molar-refractivity contribution in [2.45, 2.75) is 13.5 Å². The standard InChI is InChI=1S/C17H15N3O2S/c1-12-4-2-3-5-13(12)10-20-11-14(6-7-15(20)21)16(22)19-17-18-8-9-23-17/h2-9,11H,10H2,1H3,(H,18,19,22). The molecule has 0 saturated heterocycles. The largest absolute Gasteiger partial charge is 0.310 e. The van der Waals surface area contributed by atoms with Crippen molar-refractivity contribution < 1.29 is 4.79 Å². The Bertz CT molecular complexity index is 885. The van der Waals surface area contributed by atoms with Gasteiger partial charge in [0.1, 0.15) is 0 Å². The maximum atomic E-state index is 12.2. The second-order valence-electron chi connectivity index (χ2n) is 5.10. The van der Waals surface area contributed by atoms with E-state index in [0.717, 1.165) is 11.1 Å². The molecule has 3 rings (SSSR count). The number of hydrogen-bond acceptors (Lipinski definition) is 4. The van der Waals surface area contributed by atoms with Gasteiger partial charge in [0.2, 0.25) is 0 Å². The molecular weight excluding hydrogens is 310 g/mol. The minimum absolute atomic E-state index is 0.140. The van der Waals surface area contributed by atoms with Gasteiger partial charge in [-0.1, -0.05) is 24.3 Å². The summed E-state index contributed by atoms with van der Waals surface area (Å²) in [5.41, 5.74) is 2.44. The van der Waals surface area contributed by atoms with Crippen molar-refractivity contribution in [3.63, 3.8) is 0 Å². The number of thiazole rings is 1. The molecule has 0 atom stereocenters. The maximum Gasteiger partial charge on any atom is 0.258 e. The summed E-state index contributed by atoms with van der Waals surface area (Å²) >= 11 is 1.35. The van der Waals surface area contributed by atoms with Crippen molar-refractivity contribution in [3.8, 4) is 0 Å². The van der Waals surface area contributed by atoms with Gasteiger partial charge in [-0.25, -0.2) is 4.98 Å². The highest BCUT2D eigenvalue weighted by Gasteiger charge is 2.10. The Kier molecular flexibility index (Phi) is 4.34. The summed E-state index contributed by atoms with van der Waals surface area (Å²) in [5.74, 6) is -0.279. The molecule has 23 heavy (non-hydrogen) atoms. The molecule has 3 aromatic rings. The van der Waals surface area contributed by atoms with E-state index < -0.39 is 0 Å². The highest BCUT2D eigenvalue weighted by molar-refractivity contribution is 7.13. The van der Waals surface area contributed by atoms with Crippen LogP contribution in [0.25, 0.3) is 0 Å². The third kappa shape index (κ3) is 3.54. The summed E-state index contributed by atoms with van der Waals surface area (Å²) < 4.78 is 1.54. The normalized spacial score (nSPS) is 10.5. The van der Waals surface area contributed by atoms with E-state index in [1.807, 2.05) is 31.2 Å². The van der Waals surface area contributed by atoms with Crippen molar-refractivity contribution >= 4 is 22.4 Å². The fourth-order valence-corrected chi connectivity index (χ4v) is 2.74. The molecule has 0 fully saturated rings. The van der Waals surface area contributed by atoms with Crippen molar-refractivity contribution in [3.05, 3.63) is 81.2 Å². The molecule has 0 saturated carbocycles. The molecule has 1 N–H and O–H groups in total. The highest BCUT2D eigenvalue weighted by atomic mass is 32.1. The molecular formula is C17H15N3O2S. The minimum Gasteiger partial charge on any atom is -0.310 e. The van der Waals surface area contributed by atoms with E-state index in [-0.39, 0.29) is 11.5 Å². The van der Waals surface area contributed by atoms with Crippen LogP contribution in [0.1, 0.15) is 21.5 Å². The summed E-state index contributed by atoms with van der Waals surface area (Å²) in [7, 11) is 0. The molecule has 1 amide bonds. The number of carbonyl (C=O) groups is 1. The summed E-state index contributed by atoms with van der Waals surface area (Å²) in [5, 5.41) is 5.03. The van der Waals surface area contributed by atoms with E-state index in [2.05, 4.69) is 10.3 Å². The van der Waals surface area contributed by atoms with Gasteiger partial charge in [-0.15, -0.1) is 11.3 Å². The predicted molar refractivity (Wildman–Crippen MR) is 91.1 cm³/mol. The second kappa shape index (κ2) is 6.58. The minimum atomic E-state index is -0.279. The number of anilines is 1. The fourth-order valence-electron chi connectivity index (χ4n) is 2.21. The van der Waals surface area contributed by atoms with Gasteiger partial charge in [-0.2, -0.15) is 0 Å². The van der Waals surface area contributed by atoms with Crippen molar-refractivity contribution in [1.29, 1.82) is 0 Å². The van der Waals surface area contributed by atoms with Gasteiger partial charge in [0, 0.05) is 23.8 Å². The Morgan fingerprint density at radius 1 is 1.26 bits per heavy atom. The number of hydrogen-bond donors (Lipinski definition) is 1. The van der Waals surface area contributed by atoms with Crippen LogP contribution in [0.5, 0.6) is 0 Å². The zero-order valence-corrected chi connectivity index (χ0v) is 13.3. The second-order valence-corrected chi connectivity index (χ2v) is 6.00. The van der Waals surface area contributed by atoms with Gasteiger partial charge >= 0.3 is 0 Å². The van der Waals surface area contributed by atoms with Crippen LogP contribution >= 0.6 is 11.3 Å². The monoisotopic (exact) mass is 325 g/mol. The number of benzene rings is 1. The van der Waals surface area contributed by atoms with E-state index in [1.54, 1.807) is 22.3 Å². The van der Waals surface area contributed by atoms with Gasteiger partial charge in [-0.05, 0) is 24.1 Å². The molecule has 0 bridgehead atoms. The van der Waals surface area contributed by atoms with Crippen molar-refractivity contribution in [2.75, 3.05) is 5.32 Å². The number of amides is 1. The van der Waals surface area contributed by atoms with Crippen molar-refractivity contribution in [2.24, 2.45) is 0 Å². The van der Waals surface area contributed by atoms with E-state index in [1.165, 1.54) is 23.5 Å². The molecule has 0 aliphatic carbocycles. The number of aryl methyl sites for hydroxylation is 1. The zero-order chi connectivity index (χ0) is 16.2. The highest BCUT2D eigenvalue weighted by Crippen LogP contribution is 2.12. The smallest absolute Gasteiger partial charge is 0.258 e. The first kappa shape index (κ1) is 15.2. The summed E-state index contributed by atoms with van der Waals surface area (Å²) in [6.45, 7) is 2.43. The van der Waals surface area contributed by atoms with E-state index in [4.69, 9.17) is 0 Å². The maximum absolute atomic E-state index is 12.2. The van der Waals surface area contributed by atoms with E-state index in [0.29, 0.717) is 17.2 Å². The molecule has 0 unspecified atom stereocenters. The first-order valence-electron chi connectivity index (χ1n) is 7.09. The SMILES string of the molecule is Cc1ccccc1Cn1cc(C(=O)Nc2nccs2)ccc1=O. The quantitative estimate of drug-likeness (QED) is 0.802. The van der Waals surface area contributed by atoms with Crippen LogP contribution in [0.4, 0.5) is 5.13 Å². The number of carbonyl (C=O) groups excluding carboxylic acids is 1. The third-order valence-electron chi connectivity index (χ3n) is 3.50. The fraction of sp³-hybridized carbons (Fsp3) is 0.118. The number of pyridine rings is 1. The summed E-state index contributed by atoms with van der Waals surface area (Å²) in [6, 6.07) is 10.8. The van der Waals surface area contributed by atoms with E-state index in [9.17, 15) is 9.59 Å². The molecule has 5 nitrogen and oxygen atoms in total. The van der Waals surface area contributed by atoms with Crippen LogP contribution < -0.4 is 10.9 Å². The van der Waals surface area contributed by atoms with Gasteiger partial charge < -0.3 is 4.57 Å². The Hall–Kier alpha value is -2.73. The topological polar surface area (TPSA) is 64.0 Å². The van der Waals surface area contributed by atoms with Gasteiger partial charge in [-0.3, -0.25) is 14.9 Å².